The number of hydrogen-bond acceptors (Lipinski definition) is 0. The van der Waals surface area contributed by atoms with Gasteiger partial charge in [-0.2, -0.15) is 0 Å². The Morgan fingerprint density at radius 3 is 2.18 bits per heavy atom. The highest BCUT2D eigenvalue weighted by atomic mass is 28.3. The number of hydrogen-bond donors (Lipinski definition) is 0. The molecule has 0 saturated carbocycles. The molecule has 1 heterocycles. The number of rotatable bonds is 2. The minimum atomic E-state index is -1.52. The first-order chi connectivity index (χ1) is 10.4. The molecule has 0 saturated heterocycles. The van der Waals surface area contributed by atoms with E-state index < -0.39 is 8.07 Å². The molecule has 1 heteroatoms. The fourth-order valence-electron chi connectivity index (χ4n) is 4.31. The van der Waals surface area contributed by atoms with Crippen molar-refractivity contribution in [3.63, 3.8) is 0 Å². The van der Waals surface area contributed by atoms with Gasteiger partial charge in [0.15, 0.2) is 0 Å². The summed E-state index contributed by atoms with van der Waals surface area (Å²) in [7, 11) is -1.52. The Bertz CT molecular complexity index is 805. The summed E-state index contributed by atoms with van der Waals surface area (Å²) in [5, 5.41) is 3.29. The van der Waals surface area contributed by atoms with E-state index in [0.29, 0.717) is 5.92 Å². The average molecular weight is 304 g/mol. The van der Waals surface area contributed by atoms with Crippen LogP contribution in [0.25, 0.3) is 16.3 Å². The van der Waals surface area contributed by atoms with Crippen LogP contribution in [0.4, 0.5) is 0 Å². The summed E-state index contributed by atoms with van der Waals surface area (Å²) in [4.78, 5) is 0. The van der Waals surface area contributed by atoms with E-state index in [0.717, 1.165) is 0 Å². The molecule has 1 radical (unpaired) electrons. The standard InChI is InChI=1S/C21H23Si/c1-13(2)15-6-8-16(9-7-15)19-18-11-10-17-12-14(3)21(20(17)19)22(18,4)5/h6-13H,1-5H3. The van der Waals surface area contributed by atoms with E-state index in [9.17, 15) is 0 Å². The zero-order chi connectivity index (χ0) is 15.6. The van der Waals surface area contributed by atoms with E-state index in [1.807, 2.05) is 0 Å². The highest BCUT2D eigenvalue weighted by molar-refractivity contribution is 7.07. The van der Waals surface area contributed by atoms with E-state index in [1.54, 1.807) is 15.9 Å². The first-order valence-electron chi connectivity index (χ1n) is 8.25. The van der Waals surface area contributed by atoms with Crippen LogP contribution in [-0.4, -0.2) is 8.07 Å². The van der Waals surface area contributed by atoms with Gasteiger partial charge in [0, 0.05) is 6.42 Å². The first-order valence-corrected chi connectivity index (χ1v) is 11.3. The fourth-order valence-corrected chi connectivity index (χ4v) is 7.92. The van der Waals surface area contributed by atoms with Crippen LogP contribution in [0.5, 0.6) is 0 Å². The first kappa shape index (κ1) is 14.0. The summed E-state index contributed by atoms with van der Waals surface area (Å²) < 4.78 is 0. The van der Waals surface area contributed by atoms with Gasteiger partial charge in [0.2, 0.25) is 0 Å². The van der Waals surface area contributed by atoms with Gasteiger partial charge in [-0.15, -0.1) is 0 Å². The molecule has 0 N–H and O–H groups in total. The van der Waals surface area contributed by atoms with E-state index in [1.165, 1.54) is 27.8 Å². The third kappa shape index (κ3) is 1.69. The second kappa shape index (κ2) is 4.45. The zero-order valence-corrected chi connectivity index (χ0v) is 15.1. The second-order valence-electron chi connectivity index (χ2n) is 7.56. The maximum Gasteiger partial charge on any atom is 0.113 e. The molecule has 0 fully saturated rings. The van der Waals surface area contributed by atoms with Crippen LogP contribution in [0.2, 0.25) is 13.1 Å². The van der Waals surface area contributed by atoms with E-state index >= 15 is 0 Å². The molecule has 0 unspecified atom stereocenters. The fraction of sp³-hybridized carbons (Fsp3) is 0.286. The summed E-state index contributed by atoms with van der Waals surface area (Å²) >= 11 is 0. The van der Waals surface area contributed by atoms with Crippen LogP contribution >= 0.6 is 0 Å². The molecule has 1 aliphatic carbocycles. The summed E-state index contributed by atoms with van der Waals surface area (Å²) in [6, 6.07) is 14.0. The maximum absolute atomic E-state index is 2.50. The van der Waals surface area contributed by atoms with Gasteiger partial charge >= 0.3 is 0 Å². The van der Waals surface area contributed by atoms with E-state index in [2.05, 4.69) is 76.7 Å². The molecular weight excluding hydrogens is 280 g/mol. The van der Waals surface area contributed by atoms with Gasteiger partial charge in [0.25, 0.3) is 0 Å². The van der Waals surface area contributed by atoms with Crippen molar-refractivity contribution in [2.45, 2.75) is 39.8 Å². The van der Waals surface area contributed by atoms with E-state index in [4.69, 9.17) is 0 Å². The van der Waals surface area contributed by atoms with Gasteiger partial charge in [-0.25, -0.2) is 0 Å². The van der Waals surface area contributed by atoms with Crippen molar-refractivity contribution < 1.29 is 0 Å². The molecule has 2 bridgehead atoms. The molecule has 2 aromatic rings. The van der Waals surface area contributed by atoms with Gasteiger partial charge < -0.3 is 0 Å². The Hall–Kier alpha value is -1.60. The average Bonchev–Trinajstić information content (AvgIpc) is 2.90. The molecule has 0 aromatic heterocycles. The zero-order valence-electron chi connectivity index (χ0n) is 14.1. The van der Waals surface area contributed by atoms with Crippen LogP contribution in [0, 0.1) is 6.42 Å². The molecule has 1 aliphatic heterocycles. The van der Waals surface area contributed by atoms with Crippen molar-refractivity contribution in [3.05, 3.63) is 65.1 Å². The largest absolute Gasteiger partial charge is 0.113 e. The topological polar surface area (TPSA) is 0 Å². The van der Waals surface area contributed by atoms with Crippen molar-refractivity contribution in [2.24, 2.45) is 0 Å². The molecule has 4 rings (SSSR count). The van der Waals surface area contributed by atoms with Crippen LogP contribution in [0.3, 0.4) is 0 Å². The van der Waals surface area contributed by atoms with Crippen molar-refractivity contribution in [1.29, 1.82) is 0 Å². The lowest BCUT2D eigenvalue weighted by molar-refractivity contribution is 0.867. The minimum Gasteiger partial charge on any atom is -0.0646 e. The molecule has 0 nitrogen and oxygen atoms in total. The highest BCUT2D eigenvalue weighted by Crippen LogP contribution is 2.49. The Morgan fingerprint density at radius 2 is 1.55 bits per heavy atom. The van der Waals surface area contributed by atoms with E-state index in [-0.39, 0.29) is 0 Å². The molecule has 0 amide bonds. The van der Waals surface area contributed by atoms with Gasteiger partial charge in [-0.05, 0) is 51.0 Å². The minimum absolute atomic E-state index is 0.594. The molecule has 22 heavy (non-hydrogen) atoms. The highest BCUT2D eigenvalue weighted by Gasteiger charge is 2.44. The molecule has 0 atom stereocenters. The lowest BCUT2D eigenvalue weighted by atomic mass is 9.94. The Kier molecular flexibility index (Phi) is 2.84. The van der Waals surface area contributed by atoms with Gasteiger partial charge in [0.1, 0.15) is 8.07 Å². The third-order valence-corrected chi connectivity index (χ3v) is 9.08. The summed E-state index contributed by atoms with van der Waals surface area (Å²) in [6.07, 6.45) is 2.38. The number of allylic oxidation sites excluding steroid dienone is 1. The van der Waals surface area contributed by atoms with Crippen molar-refractivity contribution >= 4 is 18.5 Å². The Labute approximate surface area is 134 Å². The predicted octanol–water partition coefficient (Wildman–Crippen LogP) is 5.28. The maximum atomic E-state index is 2.50. The Balaban J connectivity index is 1.96. The SMILES string of the molecule is CC1=C2c3c(ccc(c3-c3ccc(C(C)C)cc3)[Si]2(C)C)[CH]1. The molecule has 2 aliphatic rings. The van der Waals surface area contributed by atoms with Crippen molar-refractivity contribution in [2.75, 3.05) is 0 Å². The van der Waals surface area contributed by atoms with Gasteiger partial charge in [0.05, 0.1) is 0 Å². The van der Waals surface area contributed by atoms with Crippen molar-refractivity contribution in [3.8, 4) is 11.1 Å². The Morgan fingerprint density at radius 1 is 0.864 bits per heavy atom. The predicted molar refractivity (Wildman–Crippen MR) is 99.1 cm³/mol. The number of fused-ring (bicyclic) bond motifs is 1. The molecule has 2 aromatic carbocycles. The van der Waals surface area contributed by atoms with Crippen LogP contribution in [0.1, 0.15) is 43.4 Å². The summed E-state index contributed by atoms with van der Waals surface area (Å²) in [5.41, 5.74) is 8.81. The number of benzene rings is 2. The van der Waals surface area contributed by atoms with Crippen LogP contribution < -0.4 is 5.19 Å². The molecule has 0 spiro atoms. The van der Waals surface area contributed by atoms with Crippen LogP contribution in [-0.2, 0) is 0 Å². The summed E-state index contributed by atoms with van der Waals surface area (Å²) in [6.45, 7) is 11.8. The van der Waals surface area contributed by atoms with Crippen LogP contribution in [0.15, 0.2) is 42.0 Å². The quantitative estimate of drug-likeness (QED) is 0.662. The molecular formula is C21H23Si. The molecule has 111 valence electrons. The van der Waals surface area contributed by atoms with Gasteiger partial charge in [-0.3, -0.25) is 0 Å². The summed E-state index contributed by atoms with van der Waals surface area (Å²) in [5.74, 6) is 0.594. The second-order valence-corrected chi connectivity index (χ2v) is 11.8. The normalized spacial score (nSPS) is 17.7. The third-order valence-electron chi connectivity index (χ3n) is 5.42. The smallest absolute Gasteiger partial charge is 0.0646 e. The lowest BCUT2D eigenvalue weighted by Gasteiger charge is -2.20. The lowest BCUT2D eigenvalue weighted by Crippen LogP contribution is -2.39. The van der Waals surface area contributed by atoms with Crippen molar-refractivity contribution in [1.82, 2.24) is 0 Å². The van der Waals surface area contributed by atoms with Gasteiger partial charge in [-0.1, -0.05) is 68.9 Å². The monoisotopic (exact) mass is 303 g/mol.